The molecular weight excluding hydrogens is 643 g/mol. The number of hydrogen-bond donors (Lipinski definition) is 0. The molecule has 0 saturated carbocycles. The molecule has 0 aromatic rings. The van der Waals surface area contributed by atoms with Gasteiger partial charge in [-0.25, -0.2) is 0 Å². The van der Waals surface area contributed by atoms with Crippen molar-refractivity contribution in [1.29, 1.82) is 0 Å². The van der Waals surface area contributed by atoms with E-state index in [9.17, 15) is 9.59 Å². The van der Waals surface area contributed by atoms with Crippen LogP contribution in [0.2, 0.25) is 0 Å². The van der Waals surface area contributed by atoms with E-state index in [4.69, 9.17) is 9.47 Å². The fourth-order valence-electron chi connectivity index (χ4n) is 7.03. The van der Waals surface area contributed by atoms with Gasteiger partial charge in [0.25, 0.3) is 0 Å². The second-order valence-corrected chi connectivity index (χ2v) is 15.8. The first-order chi connectivity index (χ1) is 25.4. The second-order valence-electron chi connectivity index (χ2n) is 15.8. The van der Waals surface area contributed by atoms with Crippen molar-refractivity contribution < 1.29 is 19.1 Å². The maximum absolute atomic E-state index is 12.4. The van der Waals surface area contributed by atoms with E-state index in [0.717, 1.165) is 51.0 Å². The van der Waals surface area contributed by atoms with E-state index in [1.807, 2.05) is 6.08 Å². The van der Waals surface area contributed by atoms with Gasteiger partial charge in [0.15, 0.2) is 0 Å². The number of esters is 2. The fourth-order valence-corrected chi connectivity index (χ4v) is 7.03. The lowest BCUT2D eigenvalue weighted by Crippen LogP contribution is -2.25. The average Bonchev–Trinajstić information content (AvgIpc) is 3.12. The highest BCUT2D eigenvalue weighted by atomic mass is 16.5. The van der Waals surface area contributed by atoms with Crippen LogP contribution in [0, 0.1) is 17.8 Å². The van der Waals surface area contributed by atoms with Gasteiger partial charge in [0.1, 0.15) is 0 Å². The van der Waals surface area contributed by atoms with Crippen molar-refractivity contribution in [3.8, 4) is 0 Å². The molecule has 0 N–H and O–H groups in total. The molecule has 0 radical (unpaired) electrons. The summed E-state index contributed by atoms with van der Waals surface area (Å²) in [6.45, 7) is 15.9. The van der Waals surface area contributed by atoms with Crippen LogP contribution in [0.5, 0.6) is 0 Å². The van der Waals surface area contributed by atoms with E-state index >= 15 is 0 Å². The summed E-state index contributed by atoms with van der Waals surface area (Å²) in [6.07, 6.45) is 35.2. The smallest absolute Gasteiger partial charge is 0.306 e. The highest BCUT2D eigenvalue weighted by Crippen LogP contribution is 2.21. The molecule has 5 nitrogen and oxygen atoms in total. The standard InChI is InChI=1S/C47H85NO4/c1-7-11-26-33-43(5)40-46(49)51-38-31-24-20-16-14-18-22-29-36-45(42-48(6)10-4)37-30-23-19-15-17-21-25-32-39-52-47(50)41-44(34-27-12-8-2)35-28-13-9-3/h34,43-45H,2,7,9-11,13-26,28-33,35-42H2,1,3-6H3. The largest absolute Gasteiger partial charge is 0.466 e. The molecule has 0 aromatic heterocycles. The van der Waals surface area contributed by atoms with Gasteiger partial charge in [-0.1, -0.05) is 174 Å². The number of hydrogen-bond acceptors (Lipinski definition) is 5. The molecule has 0 aliphatic rings. The van der Waals surface area contributed by atoms with Crippen LogP contribution in [-0.2, 0) is 19.1 Å². The Morgan fingerprint density at radius 3 is 1.54 bits per heavy atom. The van der Waals surface area contributed by atoms with Crippen molar-refractivity contribution in [3.05, 3.63) is 29.8 Å². The van der Waals surface area contributed by atoms with Gasteiger partial charge in [0.2, 0.25) is 0 Å². The average molecular weight is 728 g/mol. The van der Waals surface area contributed by atoms with E-state index in [1.165, 1.54) is 135 Å². The maximum atomic E-state index is 12.4. The van der Waals surface area contributed by atoms with Crippen molar-refractivity contribution in [1.82, 2.24) is 4.90 Å². The monoisotopic (exact) mass is 728 g/mol. The molecule has 0 fully saturated rings. The lowest BCUT2D eigenvalue weighted by atomic mass is 9.93. The van der Waals surface area contributed by atoms with E-state index in [2.05, 4.69) is 63.4 Å². The highest BCUT2D eigenvalue weighted by Gasteiger charge is 2.13. The minimum atomic E-state index is -0.0946. The van der Waals surface area contributed by atoms with Crippen molar-refractivity contribution in [3.63, 3.8) is 0 Å². The topological polar surface area (TPSA) is 55.8 Å². The fraction of sp³-hybridized carbons (Fsp3) is 0.851. The van der Waals surface area contributed by atoms with Crippen LogP contribution in [0.4, 0.5) is 0 Å². The number of nitrogens with zero attached hydrogens (tertiary/aromatic N) is 1. The molecule has 0 rings (SSSR count). The first-order valence-electron chi connectivity index (χ1n) is 22.2. The molecule has 0 bridgehead atoms. The minimum Gasteiger partial charge on any atom is -0.466 e. The number of allylic oxidation sites excluding steroid dienone is 1. The third-order valence-electron chi connectivity index (χ3n) is 10.6. The quantitative estimate of drug-likeness (QED) is 0.0360. The zero-order valence-electron chi connectivity index (χ0n) is 35.2. The van der Waals surface area contributed by atoms with Gasteiger partial charge in [0.05, 0.1) is 19.6 Å². The Bertz CT molecular complexity index is 943. The summed E-state index contributed by atoms with van der Waals surface area (Å²) in [6, 6.07) is 0. The van der Waals surface area contributed by atoms with Crippen LogP contribution in [-0.4, -0.2) is 50.2 Å². The third kappa shape index (κ3) is 35.0. The predicted octanol–water partition coefficient (Wildman–Crippen LogP) is 13.5. The molecule has 52 heavy (non-hydrogen) atoms. The molecule has 0 saturated heterocycles. The number of ether oxygens (including phenoxy) is 2. The van der Waals surface area contributed by atoms with Crippen molar-refractivity contribution in [2.75, 3.05) is 33.4 Å². The normalized spacial score (nSPS) is 12.8. The highest BCUT2D eigenvalue weighted by molar-refractivity contribution is 5.70. The Kier molecular flexibility index (Phi) is 37.2. The van der Waals surface area contributed by atoms with Gasteiger partial charge in [-0.2, -0.15) is 0 Å². The number of carbonyl (C=O) groups excluding carboxylic acids is 2. The Morgan fingerprint density at radius 1 is 0.615 bits per heavy atom. The minimum absolute atomic E-state index is 0.00438. The summed E-state index contributed by atoms with van der Waals surface area (Å²) < 4.78 is 11.0. The van der Waals surface area contributed by atoms with Crippen molar-refractivity contribution >= 4 is 11.9 Å². The molecule has 302 valence electrons. The molecule has 0 aliphatic heterocycles. The zero-order valence-corrected chi connectivity index (χ0v) is 35.2. The second kappa shape index (κ2) is 38.7. The molecule has 0 spiro atoms. The van der Waals surface area contributed by atoms with Gasteiger partial charge in [-0.05, 0) is 81.8 Å². The maximum Gasteiger partial charge on any atom is 0.306 e. The summed E-state index contributed by atoms with van der Waals surface area (Å²) in [5.41, 5.74) is 8.28. The van der Waals surface area contributed by atoms with Gasteiger partial charge in [0, 0.05) is 13.0 Å². The van der Waals surface area contributed by atoms with Gasteiger partial charge < -0.3 is 14.4 Å². The molecule has 5 heteroatoms. The Hall–Kier alpha value is -2.02. The molecule has 0 aliphatic carbocycles. The lowest BCUT2D eigenvalue weighted by molar-refractivity contribution is -0.145. The van der Waals surface area contributed by atoms with E-state index in [0.29, 0.717) is 32.0 Å². The Balaban J connectivity index is 3.89. The molecule has 3 unspecified atom stereocenters. The summed E-state index contributed by atoms with van der Waals surface area (Å²) in [5.74, 6) is 1.34. The van der Waals surface area contributed by atoms with Crippen LogP contribution in [0.1, 0.15) is 207 Å². The SMILES string of the molecule is C=C=C=C=CC(CCCCC)CC(=O)OCCCCCCCCCCC(CCCCCCCCCCOC(=O)CC(C)CCCCC)CN(C)CC. The van der Waals surface area contributed by atoms with Crippen LogP contribution in [0.25, 0.3) is 0 Å². The van der Waals surface area contributed by atoms with Crippen LogP contribution in [0.3, 0.4) is 0 Å². The zero-order chi connectivity index (χ0) is 38.3. The molecule has 0 amide bonds. The number of unbranched alkanes of at least 4 members (excludes halogenated alkanes) is 18. The first-order valence-corrected chi connectivity index (χ1v) is 22.2. The van der Waals surface area contributed by atoms with Gasteiger partial charge >= 0.3 is 11.9 Å². The van der Waals surface area contributed by atoms with Crippen molar-refractivity contribution in [2.24, 2.45) is 17.8 Å². The summed E-state index contributed by atoms with van der Waals surface area (Å²) in [5, 5.41) is 0. The number of rotatable bonds is 38. The molecule has 0 heterocycles. The Labute approximate surface area is 323 Å². The first kappa shape index (κ1) is 50.0. The van der Waals surface area contributed by atoms with Crippen molar-refractivity contribution in [2.45, 2.75) is 207 Å². The van der Waals surface area contributed by atoms with Crippen LogP contribution >= 0.6 is 0 Å². The summed E-state index contributed by atoms with van der Waals surface area (Å²) >= 11 is 0. The van der Waals surface area contributed by atoms with Gasteiger partial charge in [-0.15, -0.1) is 0 Å². The lowest BCUT2D eigenvalue weighted by Gasteiger charge is -2.23. The number of carbonyl (C=O) groups is 2. The van der Waals surface area contributed by atoms with Gasteiger partial charge in [-0.3, -0.25) is 9.59 Å². The van der Waals surface area contributed by atoms with E-state index in [1.54, 1.807) is 0 Å². The summed E-state index contributed by atoms with van der Waals surface area (Å²) in [7, 11) is 2.27. The van der Waals surface area contributed by atoms with E-state index < -0.39 is 0 Å². The predicted molar refractivity (Wildman–Crippen MR) is 223 cm³/mol. The van der Waals surface area contributed by atoms with E-state index in [-0.39, 0.29) is 17.9 Å². The molecule has 0 aromatic carbocycles. The molecular formula is C47H85NO4. The van der Waals surface area contributed by atoms with Crippen LogP contribution < -0.4 is 0 Å². The molecule has 3 atom stereocenters. The van der Waals surface area contributed by atoms with Crippen LogP contribution in [0.15, 0.2) is 29.8 Å². The third-order valence-corrected chi connectivity index (χ3v) is 10.6. The summed E-state index contributed by atoms with van der Waals surface area (Å²) in [4.78, 5) is 26.9. The Morgan fingerprint density at radius 2 is 1.06 bits per heavy atom.